The van der Waals surface area contributed by atoms with Crippen molar-refractivity contribution in [3.63, 3.8) is 0 Å². The molecule has 2 aromatic carbocycles. The first-order valence-electron chi connectivity index (χ1n) is 6.26. The van der Waals surface area contributed by atoms with Crippen LogP contribution in [-0.4, -0.2) is 0 Å². The van der Waals surface area contributed by atoms with E-state index in [0.717, 1.165) is 0 Å². The van der Waals surface area contributed by atoms with Gasteiger partial charge in [-0.25, -0.2) is 0 Å². The van der Waals surface area contributed by atoms with E-state index in [9.17, 15) is 39.5 Å². The van der Waals surface area contributed by atoms with E-state index in [1.807, 2.05) is 0 Å². The molecule has 0 fully saturated rings. The lowest BCUT2D eigenvalue weighted by molar-refractivity contribution is -0.141. The van der Waals surface area contributed by atoms with Crippen molar-refractivity contribution in [3.05, 3.63) is 59.2 Å². The van der Waals surface area contributed by atoms with E-state index in [1.165, 1.54) is 0 Å². The summed E-state index contributed by atoms with van der Waals surface area (Å²) in [6.45, 7) is 0. The molecule has 0 N–H and O–H groups in total. The molecule has 0 aromatic heterocycles. The van der Waals surface area contributed by atoms with Crippen LogP contribution in [0.4, 0.5) is 39.5 Å². The van der Waals surface area contributed by atoms with Crippen LogP contribution in [0.5, 0.6) is 0 Å². The molecule has 0 saturated heterocycles. The van der Waals surface area contributed by atoms with E-state index in [1.54, 1.807) is 0 Å². The van der Waals surface area contributed by atoms with Gasteiger partial charge in [0.1, 0.15) is 0 Å². The Morgan fingerprint density at radius 3 is 1.38 bits per heavy atom. The quantitative estimate of drug-likeness (QED) is 0.517. The topological polar surface area (TPSA) is 0 Å². The van der Waals surface area contributed by atoms with Crippen LogP contribution >= 0.6 is 0 Å². The molecule has 130 valence electrons. The third kappa shape index (κ3) is 3.82. The molecule has 0 heterocycles. The molecule has 0 nitrogen and oxygen atoms in total. The SMILES string of the molecule is FC(F)(F)c1ccc(-c2cc(C(F)(F)F)ccc2C(F)(F)F)cc1. The average Bonchev–Trinajstić information content (AvgIpc) is 2.44. The van der Waals surface area contributed by atoms with Gasteiger partial charge >= 0.3 is 18.5 Å². The molecule has 0 unspecified atom stereocenters. The summed E-state index contributed by atoms with van der Waals surface area (Å²) in [5.74, 6) is 0. The molecule has 0 saturated carbocycles. The number of benzene rings is 2. The highest BCUT2D eigenvalue weighted by atomic mass is 19.4. The van der Waals surface area contributed by atoms with Crippen molar-refractivity contribution < 1.29 is 39.5 Å². The van der Waals surface area contributed by atoms with Crippen molar-refractivity contribution in [1.82, 2.24) is 0 Å². The first-order chi connectivity index (χ1) is 10.8. The van der Waals surface area contributed by atoms with Crippen LogP contribution < -0.4 is 0 Å². The lowest BCUT2D eigenvalue weighted by atomic mass is 9.96. The Balaban J connectivity index is 2.62. The van der Waals surface area contributed by atoms with Crippen LogP contribution in [0, 0.1) is 0 Å². The maximum atomic E-state index is 13.0. The summed E-state index contributed by atoms with van der Waals surface area (Å²) in [7, 11) is 0. The largest absolute Gasteiger partial charge is 0.417 e. The first-order valence-corrected chi connectivity index (χ1v) is 6.26. The van der Waals surface area contributed by atoms with Gasteiger partial charge in [0.05, 0.1) is 16.7 Å². The van der Waals surface area contributed by atoms with E-state index >= 15 is 0 Å². The summed E-state index contributed by atoms with van der Waals surface area (Å²) in [4.78, 5) is 0. The Labute approximate surface area is 129 Å². The normalized spacial score (nSPS) is 13.2. The van der Waals surface area contributed by atoms with Gasteiger partial charge in [-0.1, -0.05) is 12.1 Å². The standard InChI is InChI=1S/C15H7F9/c16-13(17,18)9-3-1-8(2-4-9)11-7-10(14(19,20)21)5-6-12(11)15(22,23)24/h1-7H. The predicted octanol–water partition coefficient (Wildman–Crippen LogP) is 6.41. The fourth-order valence-corrected chi connectivity index (χ4v) is 2.05. The highest BCUT2D eigenvalue weighted by Gasteiger charge is 2.37. The molecule has 2 aromatic rings. The summed E-state index contributed by atoms with van der Waals surface area (Å²) in [5, 5.41) is 0. The molecule has 0 atom stereocenters. The summed E-state index contributed by atoms with van der Waals surface area (Å²) in [5.41, 5.74) is -5.06. The molecule has 24 heavy (non-hydrogen) atoms. The van der Waals surface area contributed by atoms with Gasteiger partial charge in [0.15, 0.2) is 0 Å². The number of alkyl halides is 9. The van der Waals surface area contributed by atoms with E-state index in [0.29, 0.717) is 24.3 Å². The van der Waals surface area contributed by atoms with E-state index in [2.05, 4.69) is 0 Å². The smallest absolute Gasteiger partial charge is 0.166 e. The van der Waals surface area contributed by atoms with Crippen molar-refractivity contribution in [2.45, 2.75) is 18.5 Å². The van der Waals surface area contributed by atoms with Crippen molar-refractivity contribution in [2.75, 3.05) is 0 Å². The zero-order valence-corrected chi connectivity index (χ0v) is 11.4. The summed E-state index contributed by atoms with van der Waals surface area (Å²) < 4.78 is 114. The second kappa shape index (κ2) is 5.71. The Bertz CT molecular complexity index is 719. The average molecular weight is 358 g/mol. The van der Waals surface area contributed by atoms with Crippen LogP contribution in [0.15, 0.2) is 42.5 Å². The maximum absolute atomic E-state index is 13.0. The molecule has 0 aliphatic rings. The van der Waals surface area contributed by atoms with Gasteiger partial charge in [0, 0.05) is 0 Å². The molecule has 0 amide bonds. The number of hydrogen-bond donors (Lipinski definition) is 0. The van der Waals surface area contributed by atoms with Gasteiger partial charge in [-0.05, 0) is 41.5 Å². The summed E-state index contributed by atoms with van der Waals surface area (Å²) >= 11 is 0. The zero-order valence-electron chi connectivity index (χ0n) is 11.4. The molecule has 0 radical (unpaired) electrons. The fourth-order valence-electron chi connectivity index (χ4n) is 2.05. The molecule has 0 aliphatic heterocycles. The Kier molecular flexibility index (Phi) is 4.32. The van der Waals surface area contributed by atoms with E-state index in [-0.39, 0.29) is 18.2 Å². The fraction of sp³-hybridized carbons (Fsp3) is 0.200. The van der Waals surface area contributed by atoms with Gasteiger partial charge in [-0.2, -0.15) is 39.5 Å². The van der Waals surface area contributed by atoms with Gasteiger partial charge in [0.25, 0.3) is 0 Å². The third-order valence-corrected chi connectivity index (χ3v) is 3.18. The maximum Gasteiger partial charge on any atom is 0.417 e. The minimum absolute atomic E-state index is 0.260. The lowest BCUT2D eigenvalue weighted by Gasteiger charge is -2.16. The second-order valence-electron chi connectivity index (χ2n) is 4.83. The highest BCUT2D eigenvalue weighted by Crippen LogP contribution is 2.41. The van der Waals surface area contributed by atoms with Crippen molar-refractivity contribution in [1.29, 1.82) is 0 Å². The summed E-state index contributed by atoms with van der Waals surface area (Å²) in [6.07, 6.45) is -14.5. The van der Waals surface area contributed by atoms with Crippen LogP contribution in [0.1, 0.15) is 16.7 Å². The predicted molar refractivity (Wildman–Crippen MR) is 66.9 cm³/mol. The van der Waals surface area contributed by atoms with Crippen LogP contribution in [0.2, 0.25) is 0 Å². The zero-order chi connectivity index (χ0) is 18.3. The third-order valence-electron chi connectivity index (χ3n) is 3.18. The molecule has 0 bridgehead atoms. The molecule has 0 spiro atoms. The molecular weight excluding hydrogens is 351 g/mol. The van der Waals surface area contributed by atoms with Crippen LogP contribution in [0.25, 0.3) is 11.1 Å². The van der Waals surface area contributed by atoms with Gasteiger partial charge in [0.2, 0.25) is 0 Å². The second-order valence-corrected chi connectivity index (χ2v) is 4.83. The Hall–Kier alpha value is -2.19. The Morgan fingerprint density at radius 1 is 0.500 bits per heavy atom. The summed E-state index contributed by atoms with van der Waals surface area (Å²) in [6, 6.07) is 3.23. The number of halogens is 9. The van der Waals surface area contributed by atoms with Crippen LogP contribution in [0.3, 0.4) is 0 Å². The minimum atomic E-state index is -4.96. The van der Waals surface area contributed by atoms with Crippen molar-refractivity contribution >= 4 is 0 Å². The minimum Gasteiger partial charge on any atom is -0.166 e. The lowest BCUT2D eigenvalue weighted by Crippen LogP contribution is -2.11. The van der Waals surface area contributed by atoms with E-state index in [4.69, 9.17) is 0 Å². The number of rotatable bonds is 1. The molecular formula is C15H7F9. The van der Waals surface area contributed by atoms with Gasteiger partial charge in [-0.15, -0.1) is 0 Å². The Morgan fingerprint density at radius 2 is 0.958 bits per heavy atom. The van der Waals surface area contributed by atoms with Gasteiger partial charge < -0.3 is 0 Å². The monoisotopic (exact) mass is 358 g/mol. The molecule has 2 rings (SSSR count). The van der Waals surface area contributed by atoms with E-state index < -0.39 is 46.3 Å². The molecule has 0 aliphatic carbocycles. The van der Waals surface area contributed by atoms with Gasteiger partial charge in [-0.3, -0.25) is 0 Å². The van der Waals surface area contributed by atoms with Crippen molar-refractivity contribution in [2.24, 2.45) is 0 Å². The molecule has 9 heteroatoms. The first kappa shape index (κ1) is 18.2. The number of hydrogen-bond acceptors (Lipinski definition) is 0. The van der Waals surface area contributed by atoms with Crippen LogP contribution in [-0.2, 0) is 18.5 Å². The van der Waals surface area contributed by atoms with Crippen molar-refractivity contribution in [3.8, 4) is 11.1 Å². The highest BCUT2D eigenvalue weighted by molar-refractivity contribution is 5.69.